The summed E-state index contributed by atoms with van der Waals surface area (Å²) in [5.74, 6) is -0.108. The van der Waals surface area contributed by atoms with Gasteiger partial charge in [0.15, 0.2) is 0 Å². The van der Waals surface area contributed by atoms with Crippen LogP contribution in [0.3, 0.4) is 0 Å². The highest BCUT2D eigenvalue weighted by molar-refractivity contribution is 8.77. The Bertz CT molecular complexity index is 181. The molecule has 3 nitrogen and oxygen atoms in total. The number of hydrogen-bond donors (Lipinski definition) is 0. The second kappa shape index (κ2) is 4.01. The fourth-order valence-corrected chi connectivity index (χ4v) is 2.62. The van der Waals surface area contributed by atoms with Crippen LogP contribution in [0.25, 0.3) is 0 Å². The Hall–Kier alpha value is -0.160. The first kappa shape index (κ1) is 8.93. The minimum absolute atomic E-state index is 0.232. The van der Waals surface area contributed by atoms with Crippen molar-refractivity contribution in [1.29, 1.82) is 0 Å². The van der Waals surface area contributed by atoms with Crippen molar-refractivity contribution in [2.45, 2.75) is 18.6 Å². The van der Waals surface area contributed by atoms with Gasteiger partial charge in [0, 0.05) is 5.75 Å². The Morgan fingerprint density at radius 1 is 1.55 bits per heavy atom. The number of esters is 2. The second-order valence-electron chi connectivity index (χ2n) is 2.10. The third kappa shape index (κ3) is 2.75. The maximum Gasteiger partial charge on any atom is 0.327 e. The van der Waals surface area contributed by atoms with E-state index < -0.39 is 11.9 Å². The molecule has 1 fully saturated rings. The van der Waals surface area contributed by atoms with Gasteiger partial charge >= 0.3 is 11.9 Å². The summed E-state index contributed by atoms with van der Waals surface area (Å²) in [6.07, 6.45) is 0.329. The number of carbonyl (C=O) groups excluding carboxylic acids is 2. The minimum atomic E-state index is -0.424. The van der Waals surface area contributed by atoms with Gasteiger partial charge in [0.25, 0.3) is 0 Å². The molecular weight excluding hydrogens is 184 g/mol. The van der Waals surface area contributed by atoms with Gasteiger partial charge < -0.3 is 4.74 Å². The molecule has 0 aliphatic carbocycles. The maximum atomic E-state index is 10.9. The molecule has 1 atom stereocenters. The molecule has 0 aromatic heterocycles. The lowest BCUT2D eigenvalue weighted by molar-refractivity contribution is -0.158. The van der Waals surface area contributed by atoms with Gasteiger partial charge in [0.2, 0.25) is 0 Å². The molecule has 11 heavy (non-hydrogen) atoms. The Morgan fingerprint density at radius 2 is 2.27 bits per heavy atom. The Labute approximate surface area is 72.6 Å². The predicted molar refractivity (Wildman–Crippen MR) is 45.2 cm³/mol. The molecule has 0 amide bonds. The van der Waals surface area contributed by atoms with E-state index in [-0.39, 0.29) is 5.25 Å². The van der Waals surface area contributed by atoms with E-state index in [4.69, 9.17) is 0 Å². The highest BCUT2D eigenvalue weighted by Crippen LogP contribution is 2.29. The van der Waals surface area contributed by atoms with E-state index in [0.29, 0.717) is 6.42 Å². The van der Waals surface area contributed by atoms with Crippen LogP contribution >= 0.6 is 21.6 Å². The van der Waals surface area contributed by atoms with E-state index >= 15 is 0 Å². The minimum Gasteiger partial charge on any atom is -0.392 e. The highest BCUT2D eigenvalue weighted by atomic mass is 33.1. The van der Waals surface area contributed by atoms with Crippen molar-refractivity contribution in [2.24, 2.45) is 0 Å². The van der Waals surface area contributed by atoms with Gasteiger partial charge in [0.05, 0.1) is 6.42 Å². The Balaban J connectivity index is 2.51. The third-order valence-corrected chi connectivity index (χ3v) is 3.91. The van der Waals surface area contributed by atoms with Crippen LogP contribution in [0.4, 0.5) is 0 Å². The van der Waals surface area contributed by atoms with E-state index in [1.807, 2.05) is 0 Å². The topological polar surface area (TPSA) is 43.4 Å². The zero-order valence-corrected chi connectivity index (χ0v) is 7.67. The molecule has 1 unspecified atom stereocenters. The van der Waals surface area contributed by atoms with Crippen LogP contribution in [0.15, 0.2) is 0 Å². The fraction of sp³-hybridized carbons (Fsp3) is 0.667. The third-order valence-electron chi connectivity index (χ3n) is 1.15. The van der Waals surface area contributed by atoms with Gasteiger partial charge in [0.1, 0.15) is 5.25 Å². The van der Waals surface area contributed by atoms with Crippen molar-refractivity contribution < 1.29 is 14.3 Å². The zero-order chi connectivity index (χ0) is 8.27. The molecule has 0 aromatic rings. The highest BCUT2D eigenvalue weighted by Gasteiger charge is 2.21. The molecule has 62 valence electrons. The summed E-state index contributed by atoms with van der Waals surface area (Å²) in [4.78, 5) is 21.6. The SMILES string of the molecule is CC1SSCCC(=O)OC1=O. The van der Waals surface area contributed by atoms with Crippen LogP contribution in [0.1, 0.15) is 13.3 Å². The fourth-order valence-electron chi connectivity index (χ4n) is 0.561. The molecule has 1 aliphatic heterocycles. The molecule has 0 N–H and O–H groups in total. The summed E-state index contributed by atoms with van der Waals surface area (Å²) in [5.41, 5.74) is 0. The van der Waals surface area contributed by atoms with E-state index in [1.54, 1.807) is 6.92 Å². The molecule has 1 aliphatic rings. The number of ether oxygens (including phenoxy) is 1. The van der Waals surface area contributed by atoms with E-state index in [9.17, 15) is 9.59 Å². The van der Waals surface area contributed by atoms with Gasteiger partial charge in [-0.2, -0.15) is 0 Å². The first-order chi connectivity index (χ1) is 5.20. The molecule has 0 radical (unpaired) electrons. The lowest BCUT2D eigenvalue weighted by Gasteiger charge is -2.11. The van der Waals surface area contributed by atoms with Crippen LogP contribution < -0.4 is 0 Å². The smallest absolute Gasteiger partial charge is 0.327 e. The standard InChI is InChI=1S/C6H8O3S2/c1-4-6(8)9-5(7)2-3-10-11-4/h4H,2-3H2,1H3. The first-order valence-electron chi connectivity index (χ1n) is 3.23. The summed E-state index contributed by atoms with van der Waals surface area (Å²) in [6, 6.07) is 0. The van der Waals surface area contributed by atoms with Gasteiger partial charge in [-0.05, 0) is 6.92 Å². The molecule has 0 spiro atoms. The van der Waals surface area contributed by atoms with E-state index in [2.05, 4.69) is 4.74 Å². The molecule has 1 heterocycles. The van der Waals surface area contributed by atoms with Crippen molar-refractivity contribution in [3.05, 3.63) is 0 Å². The van der Waals surface area contributed by atoms with E-state index in [0.717, 1.165) is 5.75 Å². The summed E-state index contributed by atoms with van der Waals surface area (Å²) >= 11 is 0. The number of rotatable bonds is 0. The van der Waals surface area contributed by atoms with Crippen molar-refractivity contribution in [1.82, 2.24) is 0 Å². The van der Waals surface area contributed by atoms with Gasteiger partial charge in [-0.1, -0.05) is 21.6 Å². The van der Waals surface area contributed by atoms with Crippen molar-refractivity contribution >= 4 is 33.5 Å². The number of cyclic esters (lactones) is 2. The van der Waals surface area contributed by atoms with Gasteiger partial charge in [-0.15, -0.1) is 0 Å². The molecule has 0 bridgehead atoms. The average molecular weight is 192 g/mol. The van der Waals surface area contributed by atoms with Gasteiger partial charge in [-0.3, -0.25) is 9.59 Å². The average Bonchev–Trinajstić information content (AvgIpc) is 1.95. The van der Waals surface area contributed by atoms with Crippen LogP contribution in [0.5, 0.6) is 0 Å². The molecule has 5 heteroatoms. The quantitative estimate of drug-likeness (QED) is 0.328. The summed E-state index contributed by atoms with van der Waals surface area (Å²) in [7, 11) is 2.99. The molecular formula is C6H8O3S2. The molecule has 0 saturated carbocycles. The molecule has 1 saturated heterocycles. The summed E-state index contributed by atoms with van der Waals surface area (Å²) < 4.78 is 4.49. The summed E-state index contributed by atoms with van der Waals surface area (Å²) in [6.45, 7) is 1.73. The van der Waals surface area contributed by atoms with Gasteiger partial charge in [-0.25, -0.2) is 0 Å². The first-order valence-corrected chi connectivity index (χ1v) is 5.61. The van der Waals surface area contributed by atoms with Crippen LogP contribution in [-0.2, 0) is 14.3 Å². The molecule has 1 rings (SSSR count). The van der Waals surface area contributed by atoms with Crippen LogP contribution in [-0.4, -0.2) is 22.9 Å². The predicted octanol–water partition coefficient (Wildman–Crippen LogP) is 1.23. The van der Waals surface area contributed by atoms with E-state index in [1.165, 1.54) is 21.6 Å². The monoisotopic (exact) mass is 192 g/mol. The van der Waals surface area contributed by atoms with Crippen molar-refractivity contribution in [3.8, 4) is 0 Å². The van der Waals surface area contributed by atoms with Crippen LogP contribution in [0.2, 0.25) is 0 Å². The summed E-state index contributed by atoms with van der Waals surface area (Å²) in [5, 5.41) is -0.232. The lowest BCUT2D eigenvalue weighted by atomic mass is 10.4. The Kier molecular flexibility index (Phi) is 3.26. The second-order valence-corrected chi connectivity index (χ2v) is 4.93. The largest absolute Gasteiger partial charge is 0.392 e. The normalized spacial score (nSPS) is 27.2. The zero-order valence-electron chi connectivity index (χ0n) is 6.03. The Morgan fingerprint density at radius 3 is 3.00 bits per heavy atom. The van der Waals surface area contributed by atoms with Crippen molar-refractivity contribution in [2.75, 3.05) is 5.75 Å². The number of hydrogen-bond acceptors (Lipinski definition) is 5. The van der Waals surface area contributed by atoms with Crippen molar-refractivity contribution in [3.63, 3.8) is 0 Å². The van der Waals surface area contributed by atoms with Crippen LogP contribution in [0, 0.1) is 0 Å². The maximum absolute atomic E-state index is 10.9. The molecule has 0 aromatic carbocycles. The number of carbonyl (C=O) groups is 2. The lowest BCUT2D eigenvalue weighted by Crippen LogP contribution is -2.22.